The average Bonchev–Trinajstić information content (AvgIpc) is 3.39. The third kappa shape index (κ3) is 4.65. The monoisotopic (exact) mass is 509 g/mol. The smallest absolute Gasteiger partial charge is 0.192 e. The minimum atomic E-state index is -1.79. The number of aromatic nitrogens is 5. The molecule has 3 aromatic rings. The molecule has 1 saturated carbocycles. The van der Waals surface area contributed by atoms with E-state index in [0.717, 1.165) is 55.4 Å². The number of nitrogens with zero attached hydrogens (tertiary/aromatic N) is 5. The molecule has 0 spiro atoms. The van der Waals surface area contributed by atoms with Crippen LogP contribution in [-0.2, 0) is 29.9 Å². The normalized spacial score (nSPS) is 22.0. The number of benzene rings is 1. The molecule has 3 heterocycles. The van der Waals surface area contributed by atoms with E-state index in [-0.39, 0.29) is 15.2 Å². The fourth-order valence-corrected chi connectivity index (χ4v) is 7.14. The summed E-state index contributed by atoms with van der Waals surface area (Å²) in [5.74, 6) is 3.33. The zero-order valence-electron chi connectivity index (χ0n) is 22.3. The second kappa shape index (κ2) is 8.59. The van der Waals surface area contributed by atoms with E-state index in [2.05, 4.69) is 80.9 Å². The molecule has 6 nitrogen and oxygen atoms in total. The fourth-order valence-electron chi connectivity index (χ4n) is 4.78. The third-order valence-electron chi connectivity index (χ3n) is 8.32. The van der Waals surface area contributed by atoms with E-state index < -0.39 is 8.32 Å². The van der Waals surface area contributed by atoms with Crippen LogP contribution in [0.25, 0.3) is 11.1 Å². The number of thioether (sulfide) groups is 1. The Labute approximate surface area is 215 Å². The number of fused-ring (bicyclic) bond motifs is 1. The van der Waals surface area contributed by atoms with Gasteiger partial charge in [0.15, 0.2) is 8.32 Å². The molecular weight excluding hydrogens is 470 g/mol. The maximum absolute atomic E-state index is 6.67. The van der Waals surface area contributed by atoms with Gasteiger partial charge in [0.2, 0.25) is 0 Å². The van der Waals surface area contributed by atoms with Crippen molar-refractivity contribution in [1.82, 2.24) is 24.5 Å². The standard InChI is InChI=1S/C27H39N5OSSi/c1-25(2,3)35(6,7)33-19-26(4)16-23-29-30-24(32(23)14-15-34-26)27(12-13-27)22-10-8-20(9-11-22)21-17-28-31(5)18-21/h8-11,17-18H,12-16,19H2,1-7H3/t26-/m0/s1. The van der Waals surface area contributed by atoms with Crippen LogP contribution in [-0.4, -0.2) is 50.0 Å². The predicted octanol–water partition coefficient (Wildman–Crippen LogP) is 5.83. The van der Waals surface area contributed by atoms with Crippen LogP contribution in [0.1, 0.15) is 57.7 Å². The molecule has 1 aromatic carbocycles. The van der Waals surface area contributed by atoms with Gasteiger partial charge < -0.3 is 8.99 Å². The highest BCUT2D eigenvalue weighted by Gasteiger charge is 2.51. The summed E-state index contributed by atoms with van der Waals surface area (Å²) < 4.78 is 11.0. The Kier molecular flexibility index (Phi) is 6.08. The van der Waals surface area contributed by atoms with Crippen LogP contribution in [0.4, 0.5) is 0 Å². The molecule has 8 heteroatoms. The van der Waals surface area contributed by atoms with Crippen LogP contribution in [0.3, 0.4) is 0 Å². The summed E-state index contributed by atoms with van der Waals surface area (Å²) in [5.41, 5.74) is 3.70. The van der Waals surface area contributed by atoms with Gasteiger partial charge in [-0.3, -0.25) is 4.68 Å². The summed E-state index contributed by atoms with van der Waals surface area (Å²) in [6.45, 7) is 15.7. The highest BCUT2D eigenvalue weighted by atomic mass is 32.2. The Morgan fingerprint density at radius 3 is 2.40 bits per heavy atom. The topological polar surface area (TPSA) is 57.8 Å². The second-order valence-electron chi connectivity index (χ2n) is 12.2. The van der Waals surface area contributed by atoms with Crippen molar-refractivity contribution in [2.75, 3.05) is 12.4 Å². The lowest BCUT2D eigenvalue weighted by Crippen LogP contribution is -2.45. The van der Waals surface area contributed by atoms with Crippen molar-refractivity contribution in [3.63, 3.8) is 0 Å². The number of hydrogen-bond acceptors (Lipinski definition) is 5. The first-order valence-corrected chi connectivity index (χ1v) is 16.6. The predicted molar refractivity (Wildman–Crippen MR) is 146 cm³/mol. The first-order chi connectivity index (χ1) is 16.4. The Morgan fingerprint density at radius 2 is 1.80 bits per heavy atom. The van der Waals surface area contributed by atoms with Gasteiger partial charge in [0.1, 0.15) is 11.6 Å². The maximum Gasteiger partial charge on any atom is 0.192 e. The van der Waals surface area contributed by atoms with E-state index in [0.29, 0.717) is 0 Å². The van der Waals surface area contributed by atoms with Crippen LogP contribution < -0.4 is 0 Å². The SMILES string of the molecule is Cn1cc(-c2ccc(C3(c4nnc5n4CCS[C@](C)(CO[Si](C)(C)C(C)(C)C)C5)CC3)cc2)cn1. The van der Waals surface area contributed by atoms with Gasteiger partial charge in [0.25, 0.3) is 0 Å². The van der Waals surface area contributed by atoms with Gasteiger partial charge in [-0.1, -0.05) is 45.0 Å². The summed E-state index contributed by atoms with van der Waals surface area (Å²) in [5, 5.41) is 14.1. The minimum absolute atomic E-state index is 0.00175. The molecule has 0 unspecified atom stereocenters. The van der Waals surface area contributed by atoms with Crippen molar-refractivity contribution in [3.8, 4) is 11.1 Å². The molecule has 2 aliphatic rings. The van der Waals surface area contributed by atoms with E-state index in [4.69, 9.17) is 14.6 Å². The van der Waals surface area contributed by atoms with Gasteiger partial charge >= 0.3 is 0 Å². The molecule has 1 aliphatic heterocycles. The highest BCUT2D eigenvalue weighted by Crippen LogP contribution is 2.53. The van der Waals surface area contributed by atoms with Crippen LogP contribution in [0.2, 0.25) is 18.1 Å². The molecule has 0 amide bonds. The Hall–Kier alpha value is -1.90. The lowest BCUT2D eigenvalue weighted by Gasteiger charge is -2.39. The summed E-state index contributed by atoms with van der Waals surface area (Å²) in [6, 6.07) is 8.99. The van der Waals surface area contributed by atoms with Gasteiger partial charge in [0.05, 0.1) is 11.6 Å². The van der Waals surface area contributed by atoms with E-state index in [1.165, 1.54) is 11.1 Å². The van der Waals surface area contributed by atoms with Crippen molar-refractivity contribution in [2.45, 2.75) is 81.8 Å². The van der Waals surface area contributed by atoms with E-state index in [1.54, 1.807) is 0 Å². The largest absolute Gasteiger partial charge is 0.415 e. The number of hydrogen-bond donors (Lipinski definition) is 0. The molecule has 0 bridgehead atoms. The Morgan fingerprint density at radius 1 is 1.09 bits per heavy atom. The van der Waals surface area contributed by atoms with E-state index >= 15 is 0 Å². The molecule has 0 saturated heterocycles. The van der Waals surface area contributed by atoms with Gasteiger partial charge in [-0.05, 0) is 49.0 Å². The molecule has 2 aromatic heterocycles. The molecule has 1 aliphatic carbocycles. The Balaban J connectivity index is 1.36. The van der Waals surface area contributed by atoms with Crippen molar-refractivity contribution >= 4 is 20.1 Å². The van der Waals surface area contributed by atoms with Gasteiger partial charge in [-0.15, -0.1) is 10.2 Å². The Bertz CT molecular complexity index is 1210. The molecular formula is C27H39N5OSSi. The average molecular weight is 510 g/mol. The van der Waals surface area contributed by atoms with Gasteiger partial charge in [0, 0.05) is 48.9 Å². The second-order valence-corrected chi connectivity index (χ2v) is 18.7. The van der Waals surface area contributed by atoms with Crippen molar-refractivity contribution in [1.29, 1.82) is 0 Å². The molecule has 188 valence electrons. The van der Waals surface area contributed by atoms with E-state index in [9.17, 15) is 0 Å². The third-order valence-corrected chi connectivity index (χ3v) is 14.1. The number of aryl methyl sites for hydroxylation is 1. The van der Waals surface area contributed by atoms with Gasteiger partial charge in [-0.25, -0.2) is 0 Å². The highest BCUT2D eigenvalue weighted by molar-refractivity contribution is 8.00. The molecule has 0 radical (unpaired) electrons. The van der Waals surface area contributed by atoms with Crippen LogP contribution >= 0.6 is 11.8 Å². The number of rotatable bonds is 6. The zero-order valence-corrected chi connectivity index (χ0v) is 24.1. The zero-order chi connectivity index (χ0) is 25.1. The molecule has 1 atom stereocenters. The molecule has 0 N–H and O–H groups in total. The van der Waals surface area contributed by atoms with Crippen molar-refractivity contribution in [3.05, 3.63) is 53.9 Å². The quantitative estimate of drug-likeness (QED) is 0.391. The summed E-state index contributed by atoms with van der Waals surface area (Å²) in [4.78, 5) is 0. The fraction of sp³-hybridized carbons (Fsp3) is 0.593. The van der Waals surface area contributed by atoms with Crippen molar-refractivity contribution in [2.24, 2.45) is 7.05 Å². The lowest BCUT2D eigenvalue weighted by atomic mass is 9.93. The van der Waals surface area contributed by atoms with Crippen molar-refractivity contribution < 1.29 is 4.43 Å². The van der Waals surface area contributed by atoms with E-state index in [1.807, 2.05) is 29.7 Å². The first-order valence-electron chi connectivity index (χ1n) is 12.7. The molecule has 1 fully saturated rings. The molecule has 35 heavy (non-hydrogen) atoms. The summed E-state index contributed by atoms with van der Waals surface area (Å²) in [6.07, 6.45) is 7.15. The first kappa shape index (κ1) is 24.8. The molecule has 5 rings (SSSR count). The lowest BCUT2D eigenvalue weighted by molar-refractivity contribution is 0.252. The van der Waals surface area contributed by atoms with Gasteiger partial charge in [-0.2, -0.15) is 16.9 Å². The van der Waals surface area contributed by atoms with Crippen LogP contribution in [0.5, 0.6) is 0 Å². The van der Waals surface area contributed by atoms with Crippen LogP contribution in [0, 0.1) is 0 Å². The summed E-state index contributed by atoms with van der Waals surface area (Å²) >= 11 is 2.04. The summed E-state index contributed by atoms with van der Waals surface area (Å²) in [7, 11) is 0.163. The minimum Gasteiger partial charge on any atom is -0.415 e. The van der Waals surface area contributed by atoms with Crippen LogP contribution in [0.15, 0.2) is 36.7 Å². The maximum atomic E-state index is 6.67.